The molecule has 0 aliphatic carbocycles. The van der Waals surface area contributed by atoms with Gasteiger partial charge in [-0.2, -0.15) is 0 Å². The molecule has 160 valence electrons. The number of rotatable bonds is 5. The summed E-state index contributed by atoms with van der Waals surface area (Å²) in [5.41, 5.74) is 2.32. The van der Waals surface area contributed by atoms with E-state index in [0.717, 1.165) is 36.1 Å². The molecule has 5 heteroatoms. The Labute approximate surface area is 179 Å². The number of pyridine rings is 1. The van der Waals surface area contributed by atoms with Crippen LogP contribution in [0.4, 0.5) is 0 Å². The molecule has 0 radical (unpaired) electrons. The van der Waals surface area contributed by atoms with Crippen molar-refractivity contribution in [3.05, 3.63) is 54.4 Å². The Morgan fingerprint density at radius 1 is 1.07 bits per heavy atom. The van der Waals surface area contributed by atoms with Crippen LogP contribution in [0.1, 0.15) is 46.1 Å². The number of hydrogen-bond acceptors (Lipinski definition) is 3. The molecular formula is C25H33N3O2. The Bertz CT molecular complexity index is 872. The summed E-state index contributed by atoms with van der Waals surface area (Å²) < 4.78 is 0. The topological polar surface area (TPSA) is 62.3 Å². The van der Waals surface area contributed by atoms with E-state index < -0.39 is 10.8 Å². The highest BCUT2D eigenvalue weighted by Crippen LogP contribution is 2.36. The van der Waals surface area contributed by atoms with Crippen molar-refractivity contribution in [3.8, 4) is 11.1 Å². The molecule has 2 heterocycles. The van der Waals surface area contributed by atoms with Crippen molar-refractivity contribution >= 4 is 11.8 Å². The summed E-state index contributed by atoms with van der Waals surface area (Å²) in [5, 5.41) is 3.03. The number of carbonyl (C=O) groups excluding carboxylic acids is 2. The zero-order valence-electron chi connectivity index (χ0n) is 18.6. The van der Waals surface area contributed by atoms with Gasteiger partial charge in [-0.15, -0.1) is 0 Å². The van der Waals surface area contributed by atoms with E-state index in [9.17, 15) is 9.59 Å². The number of benzene rings is 1. The first-order chi connectivity index (χ1) is 14.2. The van der Waals surface area contributed by atoms with Gasteiger partial charge < -0.3 is 10.2 Å². The van der Waals surface area contributed by atoms with Gasteiger partial charge in [-0.1, -0.05) is 45.0 Å². The molecule has 1 aromatic carbocycles. The van der Waals surface area contributed by atoms with Crippen LogP contribution in [-0.4, -0.2) is 41.3 Å². The molecule has 1 N–H and O–H groups in total. The Morgan fingerprint density at radius 3 is 2.30 bits per heavy atom. The van der Waals surface area contributed by atoms with Gasteiger partial charge in [-0.25, -0.2) is 0 Å². The Morgan fingerprint density at radius 2 is 1.70 bits per heavy atom. The summed E-state index contributed by atoms with van der Waals surface area (Å²) in [4.78, 5) is 32.1. The van der Waals surface area contributed by atoms with Gasteiger partial charge in [-0.3, -0.25) is 14.6 Å². The first kappa shape index (κ1) is 22.0. The lowest BCUT2D eigenvalue weighted by Gasteiger charge is -2.43. The maximum atomic E-state index is 13.2. The maximum Gasteiger partial charge on any atom is 0.228 e. The Balaban J connectivity index is 1.85. The highest BCUT2D eigenvalue weighted by molar-refractivity contribution is 5.86. The monoisotopic (exact) mass is 407 g/mol. The average molecular weight is 408 g/mol. The smallest absolute Gasteiger partial charge is 0.228 e. The predicted octanol–water partition coefficient (Wildman–Crippen LogP) is 4.08. The van der Waals surface area contributed by atoms with Crippen molar-refractivity contribution < 1.29 is 9.59 Å². The van der Waals surface area contributed by atoms with Crippen LogP contribution in [-0.2, 0) is 16.0 Å². The van der Waals surface area contributed by atoms with Gasteiger partial charge in [0.05, 0.1) is 5.41 Å². The standard InChI is InChI=1S/C25H33N3O2/c1-5-27-22(29)25(13-6-16-28(18-25)23(30)24(2,3)4)17-19-7-9-20(10-8-19)21-11-14-26-15-12-21/h7-12,14-15H,5-6,13,16-18H2,1-4H3,(H,27,29)/t25-/m0/s1. The van der Waals surface area contributed by atoms with Crippen molar-refractivity contribution in [1.82, 2.24) is 15.2 Å². The molecule has 0 saturated carbocycles. The van der Waals surface area contributed by atoms with E-state index in [2.05, 4.69) is 34.6 Å². The lowest BCUT2D eigenvalue weighted by Crippen LogP contribution is -2.56. The van der Waals surface area contributed by atoms with Gasteiger partial charge in [0.25, 0.3) is 0 Å². The van der Waals surface area contributed by atoms with E-state index in [1.54, 1.807) is 12.4 Å². The largest absolute Gasteiger partial charge is 0.356 e. The summed E-state index contributed by atoms with van der Waals surface area (Å²) >= 11 is 0. The van der Waals surface area contributed by atoms with Crippen LogP contribution >= 0.6 is 0 Å². The van der Waals surface area contributed by atoms with E-state index in [1.165, 1.54) is 0 Å². The summed E-state index contributed by atoms with van der Waals surface area (Å²) in [6, 6.07) is 12.4. The second-order valence-electron chi connectivity index (χ2n) is 9.33. The minimum atomic E-state index is -0.590. The van der Waals surface area contributed by atoms with E-state index in [1.807, 2.05) is 44.7 Å². The Kier molecular flexibility index (Phi) is 6.59. The molecule has 1 fully saturated rings. The first-order valence-electron chi connectivity index (χ1n) is 10.8. The van der Waals surface area contributed by atoms with Gasteiger partial charge in [0.15, 0.2) is 0 Å². The summed E-state index contributed by atoms with van der Waals surface area (Å²) in [6.07, 6.45) is 5.84. The number of piperidine rings is 1. The number of amides is 2. The number of hydrogen-bond donors (Lipinski definition) is 1. The van der Waals surface area contributed by atoms with Crippen LogP contribution in [0.2, 0.25) is 0 Å². The zero-order chi connectivity index (χ0) is 21.8. The van der Waals surface area contributed by atoms with Crippen molar-refractivity contribution in [2.45, 2.75) is 47.0 Å². The van der Waals surface area contributed by atoms with Crippen molar-refractivity contribution in [2.24, 2.45) is 10.8 Å². The van der Waals surface area contributed by atoms with Crippen LogP contribution in [0.25, 0.3) is 11.1 Å². The van der Waals surface area contributed by atoms with E-state index in [-0.39, 0.29) is 11.8 Å². The van der Waals surface area contributed by atoms with Crippen molar-refractivity contribution in [2.75, 3.05) is 19.6 Å². The summed E-state index contributed by atoms with van der Waals surface area (Å²) in [7, 11) is 0. The molecule has 1 aromatic heterocycles. The first-order valence-corrected chi connectivity index (χ1v) is 10.8. The molecule has 30 heavy (non-hydrogen) atoms. The number of nitrogens with one attached hydrogen (secondary N) is 1. The van der Waals surface area contributed by atoms with Crippen LogP contribution < -0.4 is 5.32 Å². The minimum absolute atomic E-state index is 0.0506. The average Bonchev–Trinajstić information content (AvgIpc) is 2.74. The van der Waals surface area contributed by atoms with Gasteiger partial charge >= 0.3 is 0 Å². The minimum Gasteiger partial charge on any atom is -0.356 e. The normalized spacial score (nSPS) is 19.4. The van der Waals surface area contributed by atoms with Gasteiger partial charge in [-0.05, 0) is 55.0 Å². The number of nitrogens with zero attached hydrogens (tertiary/aromatic N) is 2. The molecule has 3 rings (SSSR count). The maximum absolute atomic E-state index is 13.2. The van der Waals surface area contributed by atoms with Crippen LogP contribution in [0.15, 0.2) is 48.8 Å². The molecule has 2 aromatic rings. The lowest BCUT2D eigenvalue weighted by molar-refractivity contribution is -0.147. The van der Waals surface area contributed by atoms with Crippen molar-refractivity contribution in [1.29, 1.82) is 0 Å². The summed E-state index contributed by atoms with van der Waals surface area (Å²) in [6.45, 7) is 9.55. The van der Waals surface area contributed by atoms with E-state index >= 15 is 0 Å². The van der Waals surface area contributed by atoms with E-state index in [4.69, 9.17) is 0 Å². The molecule has 2 amide bonds. The third kappa shape index (κ3) is 4.89. The quantitative estimate of drug-likeness (QED) is 0.812. The SMILES string of the molecule is CCNC(=O)[C@]1(Cc2ccc(-c3ccncc3)cc2)CCCN(C(=O)C(C)(C)C)C1. The number of carbonyl (C=O) groups is 2. The fourth-order valence-corrected chi connectivity index (χ4v) is 4.29. The zero-order valence-corrected chi connectivity index (χ0v) is 18.6. The number of aromatic nitrogens is 1. The predicted molar refractivity (Wildman–Crippen MR) is 120 cm³/mol. The fraction of sp³-hybridized carbons (Fsp3) is 0.480. The molecule has 1 aliphatic rings. The van der Waals surface area contributed by atoms with Crippen LogP contribution in [0.5, 0.6) is 0 Å². The molecule has 5 nitrogen and oxygen atoms in total. The molecule has 0 spiro atoms. The molecule has 0 bridgehead atoms. The van der Waals surface area contributed by atoms with Crippen LogP contribution in [0, 0.1) is 10.8 Å². The highest BCUT2D eigenvalue weighted by atomic mass is 16.2. The second kappa shape index (κ2) is 8.99. The number of likely N-dealkylation sites (tertiary alicyclic amines) is 1. The van der Waals surface area contributed by atoms with Crippen molar-refractivity contribution in [3.63, 3.8) is 0 Å². The second-order valence-corrected chi connectivity index (χ2v) is 9.33. The lowest BCUT2D eigenvalue weighted by atomic mass is 9.73. The molecule has 0 unspecified atom stereocenters. The van der Waals surface area contributed by atoms with E-state index in [0.29, 0.717) is 19.5 Å². The summed E-state index contributed by atoms with van der Waals surface area (Å²) in [5.74, 6) is 0.165. The fourth-order valence-electron chi connectivity index (χ4n) is 4.29. The van der Waals surface area contributed by atoms with Gasteiger partial charge in [0.2, 0.25) is 11.8 Å². The molecule has 1 saturated heterocycles. The molecular weight excluding hydrogens is 374 g/mol. The Hall–Kier alpha value is -2.69. The third-order valence-corrected chi connectivity index (χ3v) is 5.83. The van der Waals surface area contributed by atoms with Crippen LogP contribution in [0.3, 0.4) is 0 Å². The third-order valence-electron chi connectivity index (χ3n) is 5.83. The molecule has 1 aliphatic heterocycles. The van der Waals surface area contributed by atoms with Gasteiger partial charge in [0, 0.05) is 37.4 Å². The van der Waals surface area contributed by atoms with Gasteiger partial charge in [0.1, 0.15) is 0 Å². The molecule has 1 atom stereocenters. The highest BCUT2D eigenvalue weighted by Gasteiger charge is 2.44.